The summed E-state index contributed by atoms with van der Waals surface area (Å²) in [4.78, 5) is 13.0. The van der Waals surface area contributed by atoms with Crippen LogP contribution in [0.4, 0.5) is 8.78 Å². The van der Waals surface area contributed by atoms with Gasteiger partial charge in [0.2, 0.25) is 5.91 Å². The molecular formula is C12H14BrF2NO2. The first-order chi connectivity index (χ1) is 8.52. The smallest absolute Gasteiger partial charge is 0.255 e. The van der Waals surface area contributed by atoms with Gasteiger partial charge in [0.25, 0.3) is 6.43 Å². The normalized spacial score (nSPS) is 10.7. The van der Waals surface area contributed by atoms with Crippen molar-refractivity contribution in [2.24, 2.45) is 0 Å². The van der Waals surface area contributed by atoms with Gasteiger partial charge in [-0.25, -0.2) is 8.78 Å². The highest BCUT2D eigenvalue weighted by atomic mass is 79.9. The zero-order valence-electron chi connectivity index (χ0n) is 9.65. The van der Waals surface area contributed by atoms with E-state index in [9.17, 15) is 18.7 Å². The van der Waals surface area contributed by atoms with Gasteiger partial charge in [-0.3, -0.25) is 4.79 Å². The number of carbonyl (C=O) groups is 1. The maximum atomic E-state index is 12.3. The molecule has 100 valence electrons. The van der Waals surface area contributed by atoms with Gasteiger partial charge in [0, 0.05) is 11.9 Å². The van der Waals surface area contributed by atoms with Gasteiger partial charge in [0.05, 0.1) is 13.0 Å². The Morgan fingerprint density at radius 1 is 1.44 bits per heavy atom. The van der Waals surface area contributed by atoms with Crippen molar-refractivity contribution in [2.75, 3.05) is 18.4 Å². The lowest BCUT2D eigenvalue weighted by molar-refractivity contribution is -0.132. The van der Waals surface area contributed by atoms with E-state index in [4.69, 9.17) is 0 Å². The Bertz CT molecular complexity index is 401. The van der Waals surface area contributed by atoms with E-state index in [0.29, 0.717) is 10.9 Å². The third kappa shape index (κ3) is 5.00. The summed E-state index contributed by atoms with van der Waals surface area (Å²) in [5.41, 5.74) is 0.605. The topological polar surface area (TPSA) is 40.5 Å². The van der Waals surface area contributed by atoms with E-state index in [2.05, 4.69) is 15.9 Å². The summed E-state index contributed by atoms with van der Waals surface area (Å²) < 4.78 is 24.6. The zero-order valence-corrected chi connectivity index (χ0v) is 11.2. The maximum absolute atomic E-state index is 12.3. The monoisotopic (exact) mass is 321 g/mol. The number of alkyl halides is 3. The summed E-state index contributed by atoms with van der Waals surface area (Å²) in [5.74, 6) is -0.318. The van der Waals surface area contributed by atoms with E-state index < -0.39 is 13.0 Å². The number of phenols is 1. The van der Waals surface area contributed by atoms with Gasteiger partial charge in [0.1, 0.15) is 5.75 Å². The van der Waals surface area contributed by atoms with Crippen LogP contribution in [0.1, 0.15) is 5.56 Å². The summed E-state index contributed by atoms with van der Waals surface area (Å²) in [6.45, 7) is -0.328. The number of carbonyl (C=O) groups excluding carboxylic acids is 1. The number of benzene rings is 1. The number of rotatable bonds is 6. The van der Waals surface area contributed by atoms with Crippen molar-refractivity contribution < 1.29 is 18.7 Å². The van der Waals surface area contributed by atoms with Crippen LogP contribution in [0.5, 0.6) is 5.75 Å². The Hall–Kier alpha value is -1.17. The Labute approximate surface area is 113 Å². The molecule has 0 aliphatic carbocycles. The summed E-state index contributed by atoms with van der Waals surface area (Å²) in [6, 6.07) is 6.22. The molecule has 1 N–H and O–H groups in total. The molecule has 0 unspecified atom stereocenters. The number of phenolic OH excluding ortho intramolecular Hbond substituents is 1. The number of hydrogen-bond acceptors (Lipinski definition) is 2. The molecule has 1 aromatic rings. The average molecular weight is 322 g/mol. The van der Waals surface area contributed by atoms with Gasteiger partial charge in [-0.15, -0.1) is 0 Å². The quantitative estimate of drug-likeness (QED) is 0.817. The summed E-state index contributed by atoms with van der Waals surface area (Å²) in [5, 5.41) is 9.71. The van der Waals surface area contributed by atoms with E-state index in [1.165, 1.54) is 12.1 Å². The number of nitrogens with zero attached hydrogens (tertiary/aromatic N) is 1. The van der Waals surface area contributed by atoms with E-state index in [1.54, 1.807) is 12.1 Å². The first-order valence-corrected chi connectivity index (χ1v) is 6.55. The highest BCUT2D eigenvalue weighted by Gasteiger charge is 2.17. The van der Waals surface area contributed by atoms with E-state index in [1.807, 2.05) is 0 Å². The van der Waals surface area contributed by atoms with Crippen LogP contribution in [0.3, 0.4) is 0 Å². The molecule has 0 aliphatic rings. The summed E-state index contributed by atoms with van der Waals surface area (Å²) >= 11 is 3.13. The summed E-state index contributed by atoms with van der Waals surface area (Å²) in [7, 11) is 0. The molecule has 0 saturated heterocycles. The fourth-order valence-electron chi connectivity index (χ4n) is 1.54. The van der Waals surface area contributed by atoms with E-state index in [0.717, 1.165) is 4.90 Å². The highest BCUT2D eigenvalue weighted by molar-refractivity contribution is 9.09. The van der Waals surface area contributed by atoms with Crippen molar-refractivity contribution in [1.29, 1.82) is 0 Å². The van der Waals surface area contributed by atoms with Crippen molar-refractivity contribution in [2.45, 2.75) is 12.8 Å². The molecule has 0 saturated carbocycles. The molecule has 6 heteroatoms. The van der Waals surface area contributed by atoms with Crippen molar-refractivity contribution in [3.05, 3.63) is 29.8 Å². The third-order valence-electron chi connectivity index (χ3n) is 2.33. The van der Waals surface area contributed by atoms with Crippen molar-refractivity contribution in [1.82, 2.24) is 4.90 Å². The molecule has 0 radical (unpaired) electrons. The number of halogens is 3. The largest absolute Gasteiger partial charge is 0.508 e. The first-order valence-electron chi connectivity index (χ1n) is 5.42. The lowest BCUT2D eigenvalue weighted by Gasteiger charge is -2.21. The van der Waals surface area contributed by atoms with Gasteiger partial charge in [-0.1, -0.05) is 28.1 Å². The van der Waals surface area contributed by atoms with Crippen LogP contribution in [0.25, 0.3) is 0 Å². The highest BCUT2D eigenvalue weighted by Crippen LogP contribution is 2.12. The SMILES string of the molecule is O=C(Cc1cccc(O)c1)N(CCBr)CC(F)F. The Morgan fingerprint density at radius 3 is 2.72 bits per heavy atom. The van der Waals surface area contributed by atoms with Crippen molar-refractivity contribution in [3.63, 3.8) is 0 Å². The molecule has 18 heavy (non-hydrogen) atoms. The standard InChI is InChI=1S/C12H14BrF2NO2/c13-4-5-16(8-11(14)15)12(18)7-9-2-1-3-10(17)6-9/h1-3,6,11,17H,4-5,7-8H2. The van der Waals surface area contributed by atoms with E-state index >= 15 is 0 Å². The second-order valence-electron chi connectivity index (χ2n) is 3.77. The Morgan fingerprint density at radius 2 is 2.17 bits per heavy atom. The molecule has 1 amide bonds. The summed E-state index contributed by atoms with van der Waals surface area (Å²) in [6.07, 6.45) is -2.54. The lowest BCUT2D eigenvalue weighted by Crippen LogP contribution is -2.37. The van der Waals surface area contributed by atoms with Gasteiger partial charge >= 0.3 is 0 Å². The van der Waals surface area contributed by atoms with Crippen molar-refractivity contribution in [3.8, 4) is 5.75 Å². The van der Waals surface area contributed by atoms with Crippen LogP contribution in [0.15, 0.2) is 24.3 Å². The molecule has 3 nitrogen and oxygen atoms in total. The van der Waals surface area contributed by atoms with Gasteiger partial charge in [-0.05, 0) is 17.7 Å². The first kappa shape index (κ1) is 14.9. The maximum Gasteiger partial charge on any atom is 0.255 e. The molecule has 1 rings (SSSR count). The third-order valence-corrected chi connectivity index (χ3v) is 2.69. The van der Waals surface area contributed by atoms with Crippen molar-refractivity contribution >= 4 is 21.8 Å². The molecule has 0 heterocycles. The molecule has 0 bridgehead atoms. The molecular weight excluding hydrogens is 308 g/mol. The fraction of sp³-hybridized carbons (Fsp3) is 0.417. The van der Waals surface area contributed by atoms with Gasteiger partial charge in [-0.2, -0.15) is 0 Å². The number of aromatic hydroxyl groups is 1. The zero-order chi connectivity index (χ0) is 13.5. The predicted molar refractivity (Wildman–Crippen MR) is 68.2 cm³/mol. The average Bonchev–Trinajstić information content (AvgIpc) is 2.27. The molecule has 0 aliphatic heterocycles. The second kappa shape index (κ2) is 7.31. The minimum atomic E-state index is -2.54. The molecule has 0 atom stereocenters. The minimum Gasteiger partial charge on any atom is -0.508 e. The van der Waals surface area contributed by atoms with Crippen LogP contribution in [0.2, 0.25) is 0 Å². The second-order valence-corrected chi connectivity index (χ2v) is 4.56. The molecule has 1 aromatic carbocycles. The fourth-order valence-corrected chi connectivity index (χ4v) is 1.97. The minimum absolute atomic E-state index is 0.00806. The Kier molecular flexibility index (Phi) is 6.04. The van der Waals surface area contributed by atoms with Crippen LogP contribution in [-0.4, -0.2) is 40.8 Å². The molecule has 0 fully saturated rings. The van der Waals surface area contributed by atoms with Crippen LogP contribution < -0.4 is 0 Å². The van der Waals surface area contributed by atoms with Crippen LogP contribution in [-0.2, 0) is 11.2 Å². The lowest BCUT2D eigenvalue weighted by atomic mass is 10.1. The van der Waals surface area contributed by atoms with Crippen LogP contribution >= 0.6 is 15.9 Å². The number of hydrogen-bond donors (Lipinski definition) is 1. The molecule has 0 aromatic heterocycles. The van der Waals surface area contributed by atoms with Crippen LogP contribution in [0, 0.1) is 0 Å². The Balaban J connectivity index is 2.66. The van der Waals surface area contributed by atoms with Gasteiger partial charge in [0.15, 0.2) is 0 Å². The van der Waals surface area contributed by atoms with Gasteiger partial charge < -0.3 is 10.0 Å². The predicted octanol–water partition coefficient (Wildman–Crippen LogP) is 2.42. The van der Waals surface area contributed by atoms with E-state index in [-0.39, 0.29) is 24.6 Å². The number of amides is 1. The molecule has 0 spiro atoms.